The van der Waals surface area contributed by atoms with Gasteiger partial charge in [-0.1, -0.05) is 19.4 Å². The maximum Gasteiger partial charge on any atom is 0.354 e. The van der Waals surface area contributed by atoms with Gasteiger partial charge < -0.3 is 5.11 Å². The monoisotopic (exact) mass is 276 g/mol. The van der Waals surface area contributed by atoms with E-state index in [0.717, 1.165) is 11.5 Å². The van der Waals surface area contributed by atoms with E-state index in [4.69, 9.17) is 0 Å². The number of hydrogen-bond acceptors (Lipinski definition) is 3. The second kappa shape index (κ2) is 6.84. The van der Waals surface area contributed by atoms with Gasteiger partial charge in [-0.3, -0.25) is 4.90 Å². The highest BCUT2D eigenvalue weighted by Crippen LogP contribution is 2.29. The molecule has 1 saturated carbocycles. The molecule has 1 aliphatic carbocycles. The van der Waals surface area contributed by atoms with Crippen LogP contribution in [-0.4, -0.2) is 34.0 Å². The molecule has 110 valence electrons. The predicted molar refractivity (Wildman–Crippen MR) is 78.7 cm³/mol. The third-order valence-corrected chi connectivity index (χ3v) is 4.53. The van der Waals surface area contributed by atoms with Crippen molar-refractivity contribution in [2.24, 2.45) is 5.92 Å². The largest absolute Gasteiger partial charge is 0.477 e. The number of aromatic carboxylic acids is 1. The first-order valence-corrected chi connectivity index (χ1v) is 7.49. The van der Waals surface area contributed by atoms with Crippen molar-refractivity contribution in [1.82, 2.24) is 9.88 Å². The van der Waals surface area contributed by atoms with E-state index in [1.54, 1.807) is 6.20 Å². The van der Waals surface area contributed by atoms with Crippen molar-refractivity contribution in [1.29, 1.82) is 0 Å². The Morgan fingerprint density at radius 3 is 2.70 bits per heavy atom. The zero-order valence-corrected chi connectivity index (χ0v) is 12.4. The molecule has 1 aromatic rings. The molecule has 4 heteroatoms. The maximum absolute atomic E-state index is 11.2. The first-order chi connectivity index (χ1) is 9.61. The Morgan fingerprint density at radius 1 is 1.40 bits per heavy atom. The molecular weight excluding hydrogens is 252 g/mol. The van der Waals surface area contributed by atoms with Crippen molar-refractivity contribution < 1.29 is 9.90 Å². The van der Waals surface area contributed by atoms with Crippen molar-refractivity contribution in [3.8, 4) is 0 Å². The lowest BCUT2D eigenvalue weighted by Crippen LogP contribution is -2.35. The third kappa shape index (κ3) is 3.57. The summed E-state index contributed by atoms with van der Waals surface area (Å²) < 4.78 is 0. The smallest absolute Gasteiger partial charge is 0.354 e. The molecule has 0 spiro atoms. The normalized spacial score (nSPS) is 22.9. The van der Waals surface area contributed by atoms with Crippen LogP contribution < -0.4 is 0 Å². The van der Waals surface area contributed by atoms with Crippen LogP contribution >= 0.6 is 0 Å². The van der Waals surface area contributed by atoms with Crippen LogP contribution in [0.1, 0.15) is 55.1 Å². The highest BCUT2D eigenvalue weighted by atomic mass is 16.4. The van der Waals surface area contributed by atoms with Gasteiger partial charge in [-0.15, -0.1) is 0 Å². The zero-order valence-electron chi connectivity index (χ0n) is 12.4. The van der Waals surface area contributed by atoms with Gasteiger partial charge in [0.25, 0.3) is 0 Å². The number of carbonyl (C=O) groups is 1. The number of hydrogen-bond donors (Lipinski definition) is 1. The van der Waals surface area contributed by atoms with Crippen LogP contribution in [-0.2, 0) is 6.54 Å². The number of rotatable bonds is 5. The summed E-state index contributed by atoms with van der Waals surface area (Å²) in [6.07, 6.45) is 7.85. The Labute approximate surface area is 120 Å². The molecule has 1 N–H and O–H groups in total. The van der Waals surface area contributed by atoms with Crippen LogP contribution in [0.4, 0.5) is 0 Å². The minimum Gasteiger partial charge on any atom is -0.477 e. The van der Waals surface area contributed by atoms with E-state index in [1.165, 1.54) is 32.1 Å². The molecule has 0 atom stereocenters. The number of pyridine rings is 1. The predicted octanol–water partition coefficient (Wildman–Crippen LogP) is 3.18. The Balaban J connectivity index is 1.98. The fourth-order valence-electron chi connectivity index (χ4n) is 3.15. The summed E-state index contributed by atoms with van der Waals surface area (Å²) in [4.78, 5) is 17.4. The quantitative estimate of drug-likeness (QED) is 0.897. The van der Waals surface area contributed by atoms with E-state index in [1.807, 2.05) is 12.1 Å². The maximum atomic E-state index is 11.2. The van der Waals surface area contributed by atoms with E-state index in [0.29, 0.717) is 12.6 Å². The molecule has 0 radical (unpaired) electrons. The standard InChI is InChI=1S/C16H24N2O2/c1-3-12-6-8-14(9-7-12)18(2)11-13-5-4-10-17-15(13)16(19)20/h4-5,10,12,14H,3,6-9,11H2,1-2H3,(H,19,20). The van der Waals surface area contributed by atoms with Crippen LogP contribution in [0.5, 0.6) is 0 Å². The van der Waals surface area contributed by atoms with Gasteiger partial charge in [-0.2, -0.15) is 0 Å². The van der Waals surface area contributed by atoms with Gasteiger partial charge in [0.05, 0.1) is 0 Å². The number of carboxylic acid groups (broad SMARTS) is 1. The molecule has 0 aliphatic heterocycles. The van der Waals surface area contributed by atoms with E-state index < -0.39 is 5.97 Å². The average Bonchev–Trinajstić information content (AvgIpc) is 2.47. The van der Waals surface area contributed by atoms with Crippen molar-refractivity contribution in [2.45, 2.75) is 51.6 Å². The van der Waals surface area contributed by atoms with Gasteiger partial charge >= 0.3 is 5.97 Å². The molecular formula is C16H24N2O2. The lowest BCUT2D eigenvalue weighted by Gasteiger charge is -2.34. The van der Waals surface area contributed by atoms with Crippen molar-refractivity contribution in [3.05, 3.63) is 29.6 Å². The molecule has 0 saturated heterocycles. The Bertz CT molecular complexity index is 454. The fraction of sp³-hybridized carbons (Fsp3) is 0.625. The van der Waals surface area contributed by atoms with Gasteiger partial charge in [0.1, 0.15) is 0 Å². The third-order valence-electron chi connectivity index (χ3n) is 4.53. The van der Waals surface area contributed by atoms with Crippen LogP contribution in [0.25, 0.3) is 0 Å². The first-order valence-electron chi connectivity index (χ1n) is 7.49. The SMILES string of the molecule is CCC1CCC(N(C)Cc2cccnc2C(=O)O)CC1. The first kappa shape index (κ1) is 15.0. The van der Waals surface area contributed by atoms with Crippen molar-refractivity contribution >= 4 is 5.97 Å². The van der Waals surface area contributed by atoms with E-state index >= 15 is 0 Å². The van der Waals surface area contributed by atoms with Crippen molar-refractivity contribution in [3.63, 3.8) is 0 Å². The summed E-state index contributed by atoms with van der Waals surface area (Å²) in [5.74, 6) is -0.0590. The summed E-state index contributed by atoms with van der Waals surface area (Å²) in [7, 11) is 2.09. The summed E-state index contributed by atoms with van der Waals surface area (Å²) >= 11 is 0. The average molecular weight is 276 g/mol. The molecule has 1 heterocycles. The van der Waals surface area contributed by atoms with Gasteiger partial charge in [0, 0.05) is 18.8 Å². The second-order valence-electron chi connectivity index (χ2n) is 5.81. The van der Waals surface area contributed by atoms with Crippen molar-refractivity contribution in [2.75, 3.05) is 7.05 Å². The molecule has 4 nitrogen and oxygen atoms in total. The second-order valence-corrected chi connectivity index (χ2v) is 5.81. The summed E-state index contributed by atoms with van der Waals surface area (Å²) in [6, 6.07) is 4.24. The molecule has 2 rings (SSSR count). The Morgan fingerprint density at radius 2 is 2.10 bits per heavy atom. The molecule has 1 fully saturated rings. The van der Waals surface area contributed by atoms with E-state index in [2.05, 4.69) is 23.9 Å². The van der Waals surface area contributed by atoms with Gasteiger partial charge in [-0.25, -0.2) is 9.78 Å². The minimum absolute atomic E-state index is 0.182. The highest BCUT2D eigenvalue weighted by Gasteiger charge is 2.24. The Kier molecular flexibility index (Phi) is 5.12. The molecule has 20 heavy (non-hydrogen) atoms. The molecule has 1 aromatic heterocycles. The molecule has 0 bridgehead atoms. The van der Waals surface area contributed by atoms with Gasteiger partial charge in [-0.05, 0) is 50.3 Å². The summed E-state index contributed by atoms with van der Waals surface area (Å²) in [5.41, 5.74) is 0.988. The van der Waals surface area contributed by atoms with Crippen LogP contribution in [0.2, 0.25) is 0 Å². The molecule has 0 amide bonds. The minimum atomic E-state index is -0.941. The number of nitrogens with zero attached hydrogens (tertiary/aromatic N) is 2. The van der Waals surface area contributed by atoms with Crippen LogP contribution in [0.3, 0.4) is 0 Å². The molecule has 0 unspecified atom stereocenters. The lowest BCUT2D eigenvalue weighted by molar-refractivity contribution is 0.0686. The zero-order chi connectivity index (χ0) is 14.5. The lowest BCUT2D eigenvalue weighted by atomic mass is 9.84. The molecule has 1 aliphatic rings. The summed E-state index contributed by atoms with van der Waals surface area (Å²) in [6.45, 7) is 2.93. The van der Waals surface area contributed by atoms with E-state index in [-0.39, 0.29) is 5.69 Å². The highest BCUT2D eigenvalue weighted by molar-refractivity contribution is 5.86. The number of aromatic nitrogens is 1. The van der Waals surface area contributed by atoms with E-state index in [9.17, 15) is 9.90 Å². The fourth-order valence-corrected chi connectivity index (χ4v) is 3.15. The Hall–Kier alpha value is -1.42. The van der Waals surface area contributed by atoms with Crippen LogP contribution in [0.15, 0.2) is 18.3 Å². The molecule has 0 aromatic carbocycles. The van der Waals surface area contributed by atoms with Crippen LogP contribution in [0, 0.1) is 5.92 Å². The van der Waals surface area contributed by atoms with Gasteiger partial charge in [0.2, 0.25) is 0 Å². The summed E-state index contributed by atoms with van der Waals surface area (Å²) in [5, 5.41) is 9.17. The van der Waals surface area contributed by atoms with Gasteiger partial charge in [0.15, 0.2) is 5.69 Å². The topological polar surface area (TPSA) is 53.4 Å². The number of carboxylic acids is 1.